The van der Waals surface area contributed by atoms with E-state index in [1.165, 1.54) is 50.2 Å². The van der Waals surface area contributed by atoms with Gasteiger partial charge in [-0.3, -0.25) is 0 Å². The van der Waals surface area contributed by atoms with Crippen LogP contribution in [0.2, 0.25) is 18.1 Å². The van der Waals surface area contributed by atoms with Crippen LogP contribution in [0.3, 0.4) is 0 Å². The summed E-state index contributed by atoms with van der Waals surface area (Å²) in [5.41, 5.74) is 0. The molecule has 0 amide bonds. The van der Waals surface area contributed by atoms with E-state index in [2.05, 4.69) is 13.8 Å². The molecule has 1 saturated carbocycles. The van der Waals surface area contributed by atoms with E-state index in [0.29, 0.717) is 12.2 Å². The number of rotatable bonds is 7. The largest absolute Gasteiger partial charge is 0.420 e. The second kappa shape index (κ2) is 5.85. The van der Waals surface area contributed by atoms with Gasteiger partial charge in [0, 0.05) is 7.11 Å². The summed E-state index contributed by atoms with van der Waals surface area (Å²) >= 11 is 0. The molecule has 0 aromatic carbocycles. The van der Waals surface area contributed by atoms with Gasteiger partial charge in [0.05, 0.1) is 12.2 Å². The highest BCUT2D eigenvalue weighted by molar-refractivity contribution is 6.73. The van der Waals surface area contributed by atoms with E-state index in [1.807, 2.05) is 7.11 Å². The molecule has 3 unspecified atom stereocenters. The van der Waals surface area contributed by atoms with Crippen LogP contribution in [0, 0.1) is 5.92 Å². The monoisotopic (exact) mass is 256 g/mol. The summed E-state index contributed by atoms with van der Waals surface area (Å²) in [6.45, 7) is 4.61. The maximum Gasteiger partial charge on any atom is 0.191 e. The molecule has 3 heteroatoms. The molecular weight excluding hydrogens is 228 g/mol. The maximum absolute atomic E-state index is 5.87. The minimum Gasteiger partial charge on any atom is -0.420 e. The molecule has 1 heterocycles. The third-order valence-corrected chi connectivity index (χ3v) is 9.79. The summed E-state index contributed by atoms with van der Waals surface area (Å²) in [6, 6.07) is 3.89. The van der Waals surface area contributed by atoms with Gasteiger partial charge in [0.1, 0.15) is 0 Å². The summed E-state index contributed by atoms with van der Waals surface area (Å²) in [6.07, 6.45) is 8.14. The molecule has 17 heavy (non-hydrogen) atoms. The Balaban J connectivity index is 1.71. The Morgan fingerprint density at radius 2 is 2.00 bits per heavy atom. The van der Waals surface area contributed by atoms with E-state index in [9.17, 15) is 0 Å². The Morgan fingerprint density at radius 1 is 1.24 bits per heavy atom. The Hall–Kier alpha value is 0.137. The number of hydrogen-bond donors (Lipinski definition) is 0. The van der Waals surface area contributed by atoms with E-state index in [0.717, 1.165) is 5.92 Å². The highest BCUT2D eigenvalue weighted by Crippen LogP contribution is 2.43. The first kappa shape index (κ1) is 13.6. The fourth-order valence-electron chi connectivity index (χ4n) is 3.54. The smallest absolute Gasteiger partial charge is 0.191 e. The molecule has 100 valence electrons. The van der Waals surface area contributed by atoms with Gasteiger partial charge in [0.25, 0.3) is 0 Å². The minimum atomic E-state index is -1.35. The highest BCUT2D eigenvalue weighted by Gasteiger charge is 2.46. The van der Waals surface area contributed by atoms with Crippen LogP contribution in [-0.2, 0) is 9.16 Å². The molecule has 0 aromatic heterocycles. The third kappa shape index (κ3) is 3.12. The van der Waals surface area contributed by atoms with Crippen molar-refractivity contribution in [2.45, 2.75) is 76.3 Å². The van der Waals surface area contributed by atoms with E-state index >= 15 is 0 Å². The number of hydrogen-bond acceptors (Lipinski definition) is 2. The van der Waals surface area contributed by atoms with Crippen molar-refractivity contribution in [2.75, 3.05) is 7.11 Å². The topological polar surface area (TPSA) is 21.8 Å². The zero-order valence-electron chi connectivity index (χ0n) is 11.7. The van der Waals surface area contributed by atoms with Crippen LogP contribution in [0.4, 0.5) is 0 Å². The second-order valence-corrected chi connectivity index (χ2v) is 10.5. The van der Waals surface area contributed by atoms with Crippen LogP contribution in [0.1, 0.15) is 46.0 Å². The Bertz CT molecular complexity index is 232. The second-order valence-electron chi connectivity index (χ2n) is 5.82. The van der Waals surface area contributed by atoms with Gasteiger partial charge in [-0.2, -0.15) is 0 Å². The molecule has 0 radical (unpaired) electrons. The van der Waals surface area contributed by atoms with Crippen molar-refractivity contribution >= 4 is 8.32 Å². The van der Waals surface area contributed by atoms with E-state index < -0.39 is 8.32 Å². The number of fused-ring (bicyclic) bond motifs is 1. The molecule has 0 aromatic rings. The van der Waals surface area contributed by atoms with E-state index in [-0.39, 0.29) is 0 Å². The molecule has 0 N–H and O–H groups in total. The zero-order chi connectivity index (χ0) is 12.3. The first-order valence-electron chi connectivity index (χ1n) is 7.45. The molecule has 2 nitrogen and oxygen atoms in total. The van der Waals surface area contributed by atoms with Crippen molar-refractivity contribution in [3.05, 3.63) is 0 Å². The molecule has 1 aliphatic carbocycles. The van der Waals surface area contributed by atoms with Gasteiger partial charge in [-0.1, -0.05) is 26.7 Å². The van der Waals surface area contributed by atoms with Crippen LogP contribution in [-0.4, -0.2) is 27.6 Å². The first-order chi connectivity index (χ1) is 8.24. The molecule has 2 fully saturated rings. The first-order valence-corrected chi connectivity index (χ1v) is 9.98. The summed E-state index contributed by atoms with van der Waals surface area (Å²) in [5.74, 6) is 0.867. The van der Waals surface area contributed by atoms with Crippen LogP contribution >= 0.6 is 0 Å². The third-order valence-electron chi connectivity index (χ3n) is 5.08. The lowest BCUT2D eigenvalue weighted by Crippen LogP contribution is -2.35. The van der Waals surface area contributed by atoms with Gasteiger partial charge >= 0.3 is 0 Å². The average molecular weight is 256 g/mol. The van der Waals surface area contributed by atoms with E-state index in [1.54, 1.807) is 0 Å². The van der Waals surface area contributed by atoms with Crippen molar-refractivity contribution in [3.63, 3.8) is 0 Å². The number of ether oxygens (including phenoxy) is 1. The summed E-state index contributed by atoms with van der Waals surface area (Å²) in [4.78, 5) is 0. The number of epoxide rings is 1. The summed E-state index contributed by atoms with van der Waals surface area (Å²) in [5, 5.41) is 0. The molecule has 1 aliphatic heterocycles. The summed E-state index contributed by atoms with van der Waals surface area (Å²) in [7, 11) is 0.579. The lowest BCUT2D eigenvalue weighted by atomic mass is 9.86. The van der Waals surface area contributed by atoms with Crippen molar-refractivity contribution in [3.8, 4) is 0 Å². The molecule has 0 bridgehead atoms. The van der Waals surface area contributed by atoms with Crippen LogP contribution in [0.5, 0.6) is 0 Å². The standard InChI is InChI=1S/C14H28O2Si/c1-4-17(5-2,15-3)11-7-9-12-8-6-10-13-14(12)16-13/h12-14H,4-11H2,1-3H3. The normalized spacial score (nSPS) is 32.3. The van der Waals surface area contributed by atoms with Gasteiger partial charge in [-0.15, -0.1) is 0 Å². The lowest BCUT2D eigenvalue weighted by Gasteiger charge is -2.28. The summed E-state index contributed by atoms with van der Waals surface area (Å²) < 4.78 is 11.6. The van der Waals surface area contributed by atoms with Gasteiger partial charge < -0.3 is 9.16 Å². The van der Waals surface area contributed by atoms with Gasteiger partial charge in [0.15, 0.2) is 8.32 Å². The fraction of sp³-hybridized carbons (Fsp3) is 1.00. The van der Waals surface area contributed by atoms with Crippen molar-refractivity contribution in [1.29, 1.82) is 0 Å². The van der Waals surface area contributed by atoms with Gasteiger partial charge in [-0.25, -0.2) is 0 Å². The maximum atomic E-state index is 5.87. The molecule has 3 atom stereocenters. The van der Waals surface area contributed by atoms with Crippen molar-refractivity contribution < 1.29 is 9.16 Å². The molecule has 1 saturated heterocycles. The fourth-order valence-corrected chi connectivity index (χ4v) is 6.38. The molecule has 2 rings (SSSR count). The SMILES string of the molecule is CC[Si](CC)(CCCC1CCCC2OC12)OC. The van der Waals surface area contributed by atoms with Crippen LogP contribution in [0.15, 0.2) is 0 Å². The Morgan fingerprint density at radius 3 is 2.65 bits per heavy atom. The molecule has 2 aliphatic rings. The van der Waals surface area contributed by atoms with Gasteiger partial charge in [0.2, 0.25) is 0 Å². The average Bonchev–Trinajstić information content (AvgIpc) is 3.15. The predicted octanol–water partition coefficient (Wildman–Crippen LogP) is 3.97. The Labute approximate surface area is 107 Å². The van der Waals surface area contributed by atoms with Crippen molar-refractivity contribution in [1.82, 2.24) is 0 Å². The quantitative estimate of drug-likeness (QED) is 0.508. The minimum absolute atomic E-state index is 0.644. The lowest BCUT2D eigenvalue weighted by molar-refractivity contribution is 0.304. The van der Waals surface area contributed by atoms with Gasteiger partial charge in [-0.05, 0) is 43.3 Å². The molecular formula is C14H28O2Si. The van der Waals surface area contributed by atoms with Crippen molar-refractivity contribution in [2.24, 2.45) is 5.92 Å². The highest BCUT2D eigenvalue weighted by atomic mass is 28.4. The predicted molar refractivity (Wildman–Crippen MR) is 73.8 cm³/mol. The zero-order valence-corrected chi connectivity index (χ0v) is 12.7. The molecule has 0 spiro atoms. The van der Waals surface area contributed by atoms with Crippen LogP contribution in [0.25, 0.3) is 0 Å². The van der Waals surface area contributed by atoms with Crippen LogP contribution < -0.4 is 0 Å². The van der Waals surface area contributed by atoms with E-state index in [4.69, 9.17) is 9.16 Å². The Kier molecular flexibility index (Phi) is 4.67.